The molecule has 0 aromatic carbocycles. The lowest BCUT2D eigenvalue weighted by Crippen LogP contribution is -2.39. The van der Waals surface area contributed by atoms with E-state index in [2.05, 4.69) is 0 Å². The number of carbonyl (C=O) groups is 1. The molecule has 1 atom stereocenters. The molecule has 0 aliphatic carbocycles. The monoisotopic (exact) mass is 316 g/mol. The third kappa shape index (κ3) is 2.88. The number of piperidine rings is 1. The molecule has 3 heterocycles. The van der Waals surface area contributed by atoms with Crippen molar-refractivity contribution < 1.29 is 13.9 Å². The smallest absolute Gasteiger partial charge is 0.290 e. The Bertz CT molecular complexity index is 762. The summed E-state index contributed by atoms with van der Waals surface area (Å²) >= 11 is 0. The Kier molecular flexibility index (Phi) is 4.23. The van der Waals surface area contributed by atoms with Crippen LogP contribution in [-0.2, 0) is 7.05 Å². The SMILES string of the molecule is COc1coc(C(=O)N2CCCC[C@@H]2c2cccn2C)cc1=O. The van der Waals surface area contributed by atoms with Crippen LogP contribution in [0.25, 0.3) is 0 Å². The second kappa shape index (κ2) is 6.32. The zero-order chi connectivity index (χ0) is 16.4. The van der Waals surface area contributed by atoms with Gasteiger partial charge in [0.15, 0.2) is 5.76 Å². The minimum absolute atomic E-state index is 0.00338. The lowest BCUT2D eigenvalue weighted by molar-refractivity contribution is 0.0566. The van der Waals surface area contributed by atoms with E-state index in [0.29, 0.717) is 6.54 Å². The van der Waals surface area contributed by atoms with Gasteiger partial charge in [-0.2, -0.15) is 0 Å². The normalized spacial score (nSPS) is 18.0. The van der Waals surface area contributed by atoms with E-state index in [1.54, 1.807) is 4.90 Å². The van der Waals surface area contributed by atoms with Gasteiger partial charge in [-0.15, -0.1) is 0 Å². The van der Waals surface area contributed by atoms with Crippen molar-refractivity contribution in [3.63, 3.8) is 0 Å². The number of likely N-dealkylation sites (tertiary alicyclic amines) is 1. The fourth-order valence-electron chi connectivity index (χ4n) is 3.10. The van der Waals surface area contributed by atoms with Crippen molar-refractivity contribution in [3.05, 3.63) is 52.3 Å². The van der Waals surface area contributed by atoms with E-state index in [1.807, 2.05) is 29.9 Å². The summed E-state index contributed by atoms with van der Waals surface area (Å²) in [5.41, 5.74) is 0.739. The molecule has 3 rings (SSSR count). The van der Waals surface area contributed by atoms with E-state index in [-0.39, 0.29) is 28.9 Å². The highest BCUT2D eigenvalue weighted by atomic mass is 16.5. The number of amides is 1. The molecule has 1 aliphatic heterocycles. The Hall–Kier alpha value is -2.50. The maximum absolute atomic E-state index is 12.8. The summed E-state index contributed by atoms with van der Waals surface area (Å²) in [5, 5.41) is 0. The van der Waals surface area contributed by atoms with Crippen LogP contribution in [0.5, 0.6) is 5.75 Å². The number of nitrogens with zero attached hydrogens (tertiary/aromatic N) is 2. The van der Waals surface area contributed by atoms with Gasteiger partial charge in [0, 0.05) is 31.5 Å². The van der Waals surface area contributed by atoms with Crippen LogP contribution >= 0.6 is 0 Å². The number of carbonyl (C=O) groups excluding carboxylic acids is 1. The van der Waals surface area contributed by atoms with Crippen molar-refractivity contribution in [2.24, 2.45) is 7.05 Å². The molecular formula is C17H20N2O4. The maximum Gasteiger partial charge on any atom is 0.290 e. The van der Waals surface area contributed by atoms with Gasteiger partial charge in [0.05, 0.1) is 13.2 Å². The molecule has 0 spiro atoms. The number of aryl methyl sites for hydroxylation is 1. The van der Waals surface area contributed by atoms with Gasteiger partial charge in [-0.05, 0) is 31.4 Å². The number of hydrogen-bond donors (Lipinski definition) is 0. The molecule has 1 saturated heterocycles. The van der Waals surface area contributed by atoms with Crippen LogP contribution in [0.1, 0.15) is 41.6 Å². The quantitative estimate of drug-likeness (QED) is 0.872. The van der Waals surface area contributed by atoms with Gasteiger partial charge in [0.2, 0.25) is 11.2 Å². The lowest BCUT2D eigenvalue weighted by Gasteiger charge is -2.35. The van der Waals surface area contributed by atoms with Gasteiger partial charge >= 0.3 is 0 Å². The zero-order valence-corrected chi connectivity index (χ0v) is 13.3. The molecule has 1 fully saturated rings. The Balaban J connectivity index is 1.91. The van der Waals surface area contributed by atoms with Crippen molar-refractivity contribution >= 4 is 5.91 Å². The molecule has 0 unspecified atom stereocenters. The van der Waals surface area contributed by atoms with Crippen molar-refractivity contribution in [3.8, 4) is 5.75 Å². The molecule has 0 bridgehead atoms. The maximum atomic E-state index is 12.8. The predicted octanol–water partition coefficient (Wildman–Crippen LogP) is 2.35. The van der Waals surface area contributed by atoms with Crippen molar-refractivity contribution in [2.45, 2.75) is 25.3 Å². The molecule has 2 aromatic rings. The minimum Gasteiger partial charge on any atom is -0.490 e. The number of methoxy groups -OCH3 is 1. The predicted molar refractivity (Wildman–Crippen MR) is 84.6 cm³/mol. The van der Waals surface area contributed by atoms with Gasteiger partial charge in [-0.1, -0.05) is 0 Å². The Morgan fingerprint density at radius 2 is 2.22 bits per heavy atom. The average molecular weight is 316 g/mol. The van der Waals surface area contributed by atoms with E-state index < -0.39 is 0 Å². The molecule has 122 valence electrons. The first kappa shape index (κ1) is 15.4. The summed E-state index contributed by atoms with van der Waals surface area (Å²) in [6.07, 6.45) is 6.10. The third-order valence-electron chi connectivity index (χ3n) is 4.32. The molecule has 23 heavy (non-hydrogen) atoms. The molecule has 0 radical (unpaired) electrons. The standard InChI is InChI=1S/C17H20N2O4/c1-18-8-5-7-12(18)13-6-3-4-9-19(13)17(21)15-10-14(20)16(22-2)11-23-15/h5,7-8,10-11,13H,3-4,6,9H2,1-2H3/t13-/m1/s1. The first-order valence-electron chi connectivity index (χ1n) is 7.71. The first-order valence-corrected chi connectivity index (χ1v) is 7.71. The Morgan fingerprint density at radius 1 is 1.39 bits per heavy atom. The van der Waals surface area contributed by atoms with Gasteiger partial charge in [0.1, 0.15) is 6.26 Å². The van der Waals surface area contributed by atoms with Crippen LogP contribution in [0.3, 0.4) is 0 Å². The molecule has 6 heteroatoms. The van der Waals surface area contributed by atoms with Crippen LogP contribution in [0, 0.1) is 0 Å². The summed E-state index contributed by atoms with van der Waals surface area (Å²) in [6, 6.07) is 5.21. The summed E-state index contributed by atoms with van der Waals surface area (Å²) in [5.74, 6) is -0.105. The van der Waals surface area contributed by atoms with Crippen LogP contribution in [0.2, 0.25) is 0 Å². The van der Waals surface area contributed by atoms with E-state index in [1.165, 1.54) is 19.4 Å². The molecule has 2 aromatic heterocycles. The molecule has 1 aliphatic rings. The average Bonchev–Trinajstić information content (AvgIpc) is 3.00. The van der Waals surface area contributed by atoms with Crippen LogP contribution in [-0.4, -0.2) is 29.0 Å². The first-order chi connectivity index (χ1) is 11.1. The second-order valence-electron chi connectivity index (χ2n) is 5.73. The van der Waals surface area contributed by atoms with Gasteiger partial charge in [0.25, 0.3) is 5.91 Å². The number of ether oxygens (including phenoxy) is 1. The second-order valence-corrected chi connectivity index (χ2v) is 5.73. The van der Waals surface area contributed by atoms with Gasteiger partial charge in [-0.25, -0.2) is 0 Å². The van der Waals surface area contributed by atoms with Crippen molar-refractivity contribution in [1.29, 1.82) is 0 Å². The molecule has 6 nitrogen and oxygen atoms in total. The molecule has 0 saturated carbocycles. The van der Waals surface area contributed by atoms with Crippen molar-refractivity contribution in [1.82, 2.24) is 9.47 Å². The van der Waals surface area contributed by atoms with Crippen LogP contribution in [0.15, 0.2) is 39.9 Å². The lowest BCUT2D eigenvalue weighted by atomic mass is 9.99. The Labute approximate surface area is 134 Å². The molecular weight excluding hydrogens is 296 g/mol. The van der Waals surface area contributed by atoms with E-state index in [4.69, 9.17) is 9.15 Å². The summed E-state index contributed by atoms with van der Waals surface area (Å²) < 4.78 is 12.2. The number of hydrogen-bond acceptors (Lipinski definition) is 4. The fraction of sp³-hybridized carbons (Fsp3) is 0.412. The fourth-order valence-corrected chi connectivity index (χ4v) is 3.10. The van der Waals surface area contributed by atoms with Crippen LogP contribution in [0.4, 0.5) is 0 Å². The summed E-state index contributed by atoms with van der Waals surface area (Å²) in [6.45, 7) is 0.657. The van der Waals surface area contributed by atoms with Crippen LogP contribution < -0.4 is 10.2 Å². The summed E-state index contributed by atoms with van der Waals surface area (Å²) in [4.78, 5) is 26.5. The number of aromatic nitrogens is 1. The minimum atomic E-state index is -0.352. The molecule has 1 amide bonds. The summed E-state index contributed by atoms with van der Waals surface area (Å²) in [7, 11) is 3.36. The third-order valence-corrected chi connectivity index (χ3v) is 4.32. The van der Waals surface area contributed by atoms with Crippen molar-refractivity contribution in [2.75, 3.05) is 13.7 Å². The molecule has 0 N–H and O–H groups in total. The topological polar surface area (TPSA) is 64.7 Å². The van der Waals surface area contributed by atoms with E-state index in [9.17, 15) is 9.59 Å². The van der Waals surface area contributed by atoms with E-state index >= 15 is 0 Å². The number of rotatable bonds is 3. The highest BCUT2D eigenvalue weighted by Crippen LogP contribution is 2.32. The van der Waals surface area contributed by atoms with E-state index in [0.717, 1.165) is 25.0 Å². The van der Waals surface area contributed by atoms with Gasteiger partial charge < -0.3 is 18.6 Å². The Morgan fingerprint density at radius 3 is 2.87 bits per heavy atom. The van der Waals surface area contributed by atoms with Gasteiger partial charge in [-0.3, -0.25) is 9.59 Å². The largest absolute Gasteiger partial charge is 0.490 e. The highest BCUT2D eigenvalue weighted by molar-refractivity contribution is 5.91. The highest BCUT2D eigenvalue weighted by Gasteiger charge is 2.31. The zero-order valence-electron chi connectivity index (χ0n) is 13.3.